The van der Waals surface area contributed by atoms with Crippen molar-refractivity contribution in [3.63, 3.8) is 0 Å². The van der Waals surface area contributed by atoms with Gasteiger partial charge in [0.05, 0.1) is 19.4 Å². The average molecular weight is 618 g/mol. The summed E-state index contributed by atoms with van der Waals surface area (Å²) in [5.74, 6) is -1.34. The monoisotopic (exact) mass is 617 g/mol. The lowest BCUT2D eigenvalue weighted by atomic mass is 10.1. The number of methoxy groups -OCH3 is 1. The van der Waals surface area contributed by atoms with Crippen LogP contribution in [0.4, 0.5) is 27.5 Å². The molecule has 0 bridgehead atoms. The number of aliphatic carboxylic acids is 1. The Balaban J connectivity index is 0.00000271. The molecule has 11 nitrogen and oxygen atoms in total. The van der Waals surface area contributed by atoms with Crippen molar-refractivity contribution in [1.82, 2.24) is 4.90 Å². The normalized spacial score (nSPS) is 12.3. The number of urea groups is 1. The van der Waals surface area contributed by atoms with E-state index in [1.165, 1.54) is 0 Å². The van der Waals surface area contributed by atoms with Crippen LogP contribution < -0.4 is 20.9 Å². The van der Waals surface area contributed by atoms with E-state index in [0.717, 1.165) is 34.5 Å². The van der Waals surface area contributed by atoms with Crippen molar-refractivity contribution in [3.8, 4) is 0 Å². The quantitative estimate of drug-likeness (QED) is 0.197. The Morgan fingerprint density at radius 1 is 0.867 bits per heavy atom. The minimum absolute atomic E-state index is 0.106. The molecule has 45 heavy (non-hydrogen) atoms. The van der Waals surface area contributed by atoms with E-state index < -0.39 is 5.97 Å². The fraction of sp³-hybridized carbons (Fsp3) is 0.353. The zero-order chi connectivity index (χ0) is 32.8. The van der Waals surface area contributed by atoms with Crippen LogP contribution in [-0.4, -0.2) is 67.2 Å². The van der Waals surface area contributed by atoms with Gasteiger partial charge in [-0.25, -0.2) is 4.79 Å². The molecule has 0 saturated heterocycles. The third-order valence-corrected chi connectivity index (χ3v) is 7.09. The average Bonchev–Trinajstić information content (AvgIpc) is 3.14. The van der Waals surface area contributed by atoms with E-state index in [2.05, 4.69) is 16.0 Å². The number of fused-ring (bicyclic) bond motifs is 1. The molecule has 1 aliphatic rings. The number of hydrogen-bond acceptors (Lipinski definition) is 6. The molecule has 3 aromatic carbocycles. The van der Waals surface area contributed by atoms with Crippen LogP contribution in [0.2, 0.25) is 0 Å². The number of nitrogens with zero attached hydrogens (tertiary/aromatic N) is 2. The summed E-state index contributed by atoms with van der Waals surface area (Å²) >= 11 is 0. The second-order valence-corrected chi connectivity index (χ2v) is 10.4. The summed E-state index contributed by atoms with van der Waals surface area (Å²) in [4.78, 5) is 52.9. The second-order valence-electron chi connectivity index (χ2n) is 10.4. The van der Waals surface area contributed by atoms with Gasteiger partial charge in [0.15, 0.2) is 0 Å². The molecule has 4 N–H and O–H groups in total. The topological polar surface area (TPSA) is 140 Å². The lowest BCUT2D eigenvalue weighted by Crippen LogP contribution is -2.38. The summed E-state index contributed by atoms with van der Waals surface area (Å²) in [6, 6.07) is 19.7. The first kappa shape index (κ1) is 34.6. The van der Waals surface area contributed by atoms with Crippen molar-refractivity contribution in [2.24, 2.45) is 0 Å². The molecule has 4 amide bonds. The number of amides is 4. The lowest BCUT2D eigenvalue weighted by molar-refractivity contribution is -0.138. The van der Waals surface area contributed by atoms with Gasteiger partial charge in [-0.05, 0) is 66.4 Å². The number of carboxylic acid groups (broad SMARTS) is 1. The third-order valence-electron chi connectivity index (χ3n) is 7.09. The number of aryl methyl sites for hydroxylation is 1. The predicted octanol–water partition coefficient (Wildman–Crippen LogP) is 5.51. The molecule has 240 valence electrons. The Labute approximate surface area is 264 Å². The van der Waals surface area contributed by atoms with Gasteiger partial charge in [0.1, 0.15) is 0 Å². The predicted molar refractivity (Wildman–Crippen MR) is 177 cm³/mol. The lowest BCUT2D eigenvalue weighted by Gasteiger charge is -2.24. The molecule has 3 aromatic rings. The molecular formula is C34H43N5O6. The highest BCUT2D eigenvalue weighted by molar-refractivity contribution is 6.00. The van der Waals surface area contributed by atoms with Crippen molar-refractivity contribution in [3.05, 3.63) is 83.4 Å². The van der Waals surface area contributed by atoms with Crippen molar-refractivity contribution in [1.29, 1.82) is 0 Å². The van der Waals surface area contributed by atoms with E-state index in [1.807, 2.05) is 62.1 Å². The molecule has 0 fully saturated rings. The number of nitrogens with one attached hydrogen (secondary N) is 3. The molecule has 4 rings (SSSR count). The standard InChI is InChI=1S/C32H37N5O6.C2H6/c1-22-6-3-4-7-27(22)35-32(42)34-25-10-8-23(9-11-25)18-29(38)33-26-12-13-28-24(19-26)20-37(16-14-31(40)41)30(39)21-36(28)15-5-17-43-2;1-2/h3-4,6-13,19H,5,14-18,20-21H2,1-2H3,(H,33,38)(H,40,41)(H2,34,35,42);1-2H3. The summed E-state index contributed by atoms with van der Waals surface area (Å²) < 4.78 is 5.17. The maximum Gasteiger partial charge on any atom is 0.323 e. The van der Waals surface area contributed by atoms with Gasteiger partial charge in [-0.3, -0.25) is 14.4 Å². The number of carboxylic acids is 1. The Morgan fingerprint density at radius 3 is 2.27 bits per heavy atom. The van der Waals surface area contributed by atoms with Gasteiger partial charge in [0.2, 0.25) is 11.8 Å². The Bertz CT molecular complexity index is 1460. The van der Waals surface area contributed by atoms with Gasteiger partial charge >= 0.3 is 12.0 Å². The molecule has 11 heteroatoms. The zero-order valence-electron chi connectivity index (χ0n) is 26.4. The van der Waals surface area contributed by atoms with E-state index in [-0.39, 0.29) is 50.3 Å². The summed E-state index contributed by atoms with van der Waals surface area (Å²) in [5.41, 5.74) is 5.33. The van der Waals surface area contributed by atoms with Crippen molar-refractivity contribution >= 4 is 46.6 Å². The first-order valence-corrected chi connectivity index (χ1v) is 15.1. The third kappa shape index (κ3) is 10.6. The summed E-state index contributed by atoms with van der Waals surface area (Å²) in [6.45, 7) is 7.56. The molecule has 0 aromatic heterocycles. The summed E-state index contributed by atoms with van der Waals surface area (Å²) in [7, 11) is 1.63. The Morgan fingerprint density at radius 2 is 1.58 bits per heavy atom. The molecule has 0 unspecified atom stereocenters. The van der Waals surface area contributed by atoms with Gasteiger partial charge in [0.25, 0.3) is 0 Å². The number of carbonyl (C=O) groups excluding carboxylic acids is 3. The van der Waals surface area contributed by atoms with Crippen LogP contribution in [0, 0.1) is 6.92 Å². The first-order valence-electron chi connectivity index (χ1n) is 15.1. The molecule has 0 atom stereocenters. The SMILES string of the molecule is CC.COCCCN1CC(=O)N(CCC(=O)O)Cc2cc(NC(=O)Cc3ccc(NC(=O)Nc4ccccc4C)cc3)ccc21. The number of ether oxygens (including phenoxy) is 1. The van der Waals surface area contributed by atoms with Crippen LogP contribution in [-0.2, 0) is 32.1 Å². The molecular weight excluding hydrogens is 574 g/mol. The van der Waals surface area contributed by atoms with Crippen LogP contribution in [0.3, 0.4) is 0 Å². The highest BCUT2D eigenvalue weighted by Crippen LogP contribution is 2.29. The van der Waals surface area contributed by atoms with Gasteiger partial charge in [-0.15, -0.1) is 0 Å². The Hall–Kier alpha value is -4.90. The second kappa shape index (κ2) is 17.4. The first-order chi connectivity index (χ1) is 21.7. The van der Waals surface area contributed by atoms with E-state index >= 15 is 0 Å². The summed E-state index contributed by atoms with van der Waals surface area (Å²) in [6.07, 6.45) is 0.703. The summed E-state index contributed by atoms with van der Waals surface area (Å²) in [5, 5.41) is 17.7. The van der Waals surface area contributed by atoms with E-state index in [1.54, 1.807) is 42.3 Å². The highest BCUT2D eigenvalue weighted by atomic mass is 16.5. The number of hydrogen-bond donors (Lipinski definition) is 4. The molecule has 1 heterocycles. The van der Waals surface area contributed by atoms with E-state index in [9.17, 15) is 19.2 Å². The molecule has 0 spiro atoms. The smallest absolute Gasteiger partial charge is 0.323 e. The maximum atomic E-state index is 12.9. The van der Waals surface area contributed by atoms with Gasteiger partial charge in [0, 0.05) is 56.1 Å². The maximum absolute atomic E-state index is 12.9. The highest BCUT2D eigenvalue weighted by Gasteiger charge is 2.26. The van der Waals surface area contributed by atoms with E-state index in [4.69, 9.17) is 9.84 Å². The molecule has 0 aliphatic carbocycles. The minimum Gasteiger partial charge on any atom is -0.481 e. The van der Waals surface area contributed by atoms with Crippen LogP contribution in [0.25, 0.3) is 0 Å². The molecule has 0 saturated carbocycles. The van der Waals surface area contributed by atoms with Gasteiger partial charge in [-0.2, -0.15) is 0 Å². The van der Waals surface area contributed by atoms with Crippen LogP contribution >= 0.6 is 0 Å². The fourth-order valence-electron chi connectivity index (χ4n) is 4.87. The zero-order valence-corrected chi connectivity index (χ0v) is 26.4. The van der Waals surface area contributed by atoms with Crippen molar-refractivity contribution < 1.29 is 29.0 Å². The van der Waals surface area contributed by atoms with Gasteiger partial charge in [-0.1, -0.05) is 44.2 Å². The number of benzene rings is 3. The number of rotatable bonds is 12. The van der Waals surface area contributed by atoms with Crippen LogP contribution in [0.15, 0.2) is 66.7 Å². The number of anilines is 4. The largest absolute Gasteiger partial charge is 0.481 e. The number of para-hydroxylation sites is 1. The van der Waals surface area contributed by atoms with Crippen LogP contribution in [0.5, 0.6) is 0 Å². The van der Waals surface area contributed by atoms with Crippen molar-refractivity contribution in [2.75, 3.05) is 54.2 Å². The fourth-order valence-corrected chi connectivity index (χ4v) is 4.87. The minimum atomic E-state index is -0.968. The van der Waals surface area contributed by atoms with Crippen LogP contribution in [0.1, 0.15) is 43.4 Å². The Kier molecular flexibility index (Phi) is 13.4. The molecule has 0 radical (unpaired) electrons. The molecule has 1 aliphatic heterocycles. The number of carbonyl (C=O) groups is 4. The van der Waals surface area contributed by atoms with E-state index in [0.29, 0.717) is 24.5 Å². The van der Waals surface area contributed by atoms with Gasteiger partial charge < -0.3 is 35.6 Å². The van der Waals surface area contributed by atoms with Crippen molar-refractivity contribution in [2.45, 2.75) is 46.6 Å².